The molecule has 5 rings (SSSR count). The van der Waals surface area contributed by atoms with E-state index in [4.69, 9.17) is 10.5 Å². The minimum Gasteiger partial charge on any atom is -0.490 e. The molecule has 0 spiro atoms. The van der Waals surface area contributed by atoms with Gasteiger partial charge in [-0.25, -0.2) is 0 Å². The highest BCUT2D eigenvalue weighted by Crippen LogP contribution is 2.68. The molecule has 4 aliphatic carbocycles. The van der Waals surface area contributed by atoms with Crippen molar-refractivity contribution in [1.82, 2.24) is 0 Å². The Bertz CT molecular complexity index is 743. The lowest BCUT2D eigenvalue weighted by molar-refractivity contribution is -0.141. The average molecular weight is 396 g/mol. The van der Waals surface area contributed by atoms with Crippen LogP contribution in [0.1, 0.15) is 79.1 Å². The molecule has 2 nitrogen and oxygen atoms in total. The molecule has 0 saturated heterocycles. The molecule has 160 valence electrons. The molecule has 29 heavy (non-hydrogen) atoms. The van der Waals surface area contributed by atoms with Gasteiger partial charge in [0.1, 0.15) is 5.75 Å². The number of nitrogen functional groups attached to an aromatic ring is 1. The highest BCUT2D eigenvalue weighted by Gasteiger charge is 2.61. The number of anilines is 1. The smallest absolute Gasteiger partial charge is 0.119 e. The van der Waals surface area contributed by atoms with Crippen molar-refractivity contribution in [1.29, 1.82) is 0 Å². The lowest BCUT2D eigenvalue weighted by Gasteiger charge is -2.63. The highest BCUT2D eigenvalue weighted by atomic mass is 16.5. The first kappa shape index (κ1) is 19.8. The third-order valence-electron chi connectivity index (χ3n) is 10.3. The quantitative estimate of drug-likeness (QED) is 0.550. The zero-order valence-electron chi connectivity index (χ0n) is 19.0. The van der Waals surface area contributed by atoms with Crippen molar-refractivity contribution < 1.29 is 4.74 Å². The van der Waals surface area contributed by atoms with Gasteiger partial charge in [-0.1, -0.05) is 40.5 Å². The molecule has 1 aromatic carbocycles. The van der Waals surface area contributed by atoms with E-state index >= 15 is 0 Å². The van der Waals surface area contributed by atoms with Crippen LogP contribution in [0.25, 0.3) is 0 Å². The normalized spacial score (nSPS) is 49.0. The Labute approximate surface area is 178 Å². The summed E-state index contributed by atoms with van der Waals surface area (Å²) < 4.78 is 6.50. The van der Waals surface area contributed by atoms with Gasteiger partial charge in [-0.05, 0) is 109 Å². The predicted octanol–water partition coefficient (Wildman–Crippen LogP) is 6.94. The first-order valence-corrected chi connectivity index (χ1v) is 12.3. The van der Waals surface area contributed by atoms with Gasteiger partial charge in [-0.3, -0.25) is 0 Å². The number of nitrogens with two attached hydrogens (primary N) is 1. The summed E-state index contributed by atoms with van der Waals surface area (Å²) >= 11 is 0. The Morgan fingerprint density at radius 2 is 1.66 bits per heavy atom. The van der Waals surface area contributed by atoms with E-state index in [1.165, 1.54) is 51.4 Å². The molecule has 4 saturated carbocycles. The minimum atomic E-state index is 0.371. The van der Waals surface area contributed by atoms with Crippen LogP contribution >= 0.6 is 0 Å². The van der Waals surface area contributed by atoms with Crippen LogP contribution in [-0.2, 0) is 0 Å². The molecule has 4 fully saturated rings. The number of hydrogen-bond donors (Lipinski definition) is 1. The summed E-state index contributed by atoms with van der Waals surface area (Å²) in [6, 6.07) is 8.01. The summed E-state index contributed by atoms with van der Waals surface area (Å²) in [5.41, 5.74) is 7.73. The van der Waals surface area contributed by atoms with Gasteiger partial charge in [0, 0.05) is 5.69 Å². The maximum Gasteiger partial charge on any atom is 0.119 e. The van der Waals surface area contributed by atoms with Crippen LogP contribution in [0.4, 0.5) is 5.69 Å². The number of rotatable bonds is 2. The van der Waals surface area contributed by atoms with E-state index in [0.29, 0.717) is 16.9 Å². The van der Waals surface area contributed by atoms with Gasteiger partial charge in [-0.15, -0.1) is 0 Å². The molecule has 0 aromatic heterocycles. The van der Waals surface area contributed by atoms with Crippen LogP contribution < -0.4 is 10.5 Å². The Kier molecular flexibility index (Phi) is 4.72. The summed E-state index contributed by atoms with van der Waals surface area (Å²) in [6.45, 7) is 10.4. The molecule has 1 unspecified atom stereocenters. The van der Waals surface area contributed by atoms with Crippen molar-refractivity contribution >= 4 is 5.69 Å². The van der Waals surface area contributed by atoms with Gasteiger partial charge < -0.3 is 10.5 Å². The lowest BCUT2D eigenvalue weighted by atomic mass is 9.42. The fraction of sp³-hybridized carbons (Fsp3) is 0.778. The second kappa shape index (κ2) is 6.92. The van der Waals surface area contributed by atoms with Crippen molar-refractivity contribution in [2.24, 2.45) is 46.3 Å². The first-order chi connectivity index (χ1) is 13.8. The molecular weight excluding hydrogens is 354 g/mol. The lowest BCUT2D eigenvalue weighted by Crippen LogP contribution is -2.56. The van der Waals surface area contributed by atoms with Gasteiger partial charge in [0.25, 0.3) is 0 Å². The van der Waals surface area contributed by atoms with E-state index in [9.17, 15) is 0 Å². The van der Waals surface area contributed by atoms with E-state index in [2.05, 4.69) is 27.7 Å². The molecule has 0 bridgehead atoms. The topological polar surface area (TPSA) is 35.2 Å². The number of hydrogen-bond acceptors (Lipinski definition) is 2. The second-order valence-electron chi connectivity index (χ2n) is 11.9. The van der Waals surface area contributed by atoms with E-state index in [1.54, 1.807) is 0 Å². The zero-order valence-corrected chi connectivity index (χ0v) is 19.0. The number of fused-ring (bicyclic) bond motifs is 5. The third-order valence-corrected chi connectivity index (χ3v) is 10.3. The molecule has 1 aromatic rings. The van der Waals surface area contributed by atoms with Gasteiger partial charge >= 0.3 is 0 Å². The van der Waals surface area contributed by atoms with E-state index in [-0.39, 0.29) is 0 Å². The largest absolute Gasteiger partial charge is 0.490 e. The number of ether oxygens (including phenoxy) is 1. The summed E-state index contributed by atoms with van der Waals surface area (Å²) in [5.74, 6) is 6.43. The summed E-state index contributed by atoms with van der Waals surface area (Å²) in [7, 11) is 0. The first-order valence-electron chi connectivity index (χ1n) is 12.3. The van der Waals surface area contributed by atoms with Crippen molar-refractivity contribution in [3.05, 3.63) is 24.3 Å². The third kappa shape index (κ3) is 3.12. The Balaban J connectivity index is 1.39. The van der Waals surface area contributed by atoms with Crippen LogP contribution in [0.5, 0.6) is 5.75 Å². The Morgan fingerprint density at radius 3 is 2.41 bits per heavy atom. The van der Waals surface area contributed by atoms with Gasteiger partial charge in [-0.2, -0.15) is 0 Å². The molecular formula is C27H41NO. The SMILES string of the molecule is CC1CCC[C@@]2(C)[C@H]1C[C@H](C)[C@H]1[C@@H]3C[C@H](Oc4ccc(N)cc4)C[C@@]3(C)CC[C@@H]12. The molecule has 4 aliphatic rings. The minimum absolute atomic E-state index is 0.371. The molecule has 0 radical (unpaired) electrons. The predicted molar refractivity (Wildman–Crippen MR) is 121 cm³/mol. The van der Waals surface area contributed by atoms with E-state index in [1.807, 2.05) is 24.3 Å². The maximum atomic E-state index is 6.50. The molecule has 0 amide bonds. The van der Waals surface area contributed by atoms with Crippen molar-refractivity contribution in [2.75, 3.05) is 5.73 Å². The highest BCUT2D eigenvalue weighted by molar-refractivity contribution is 5.41. The summed E-state index contributed by atoms with van der Waals surface area (Å²) in [4.78, 5) is 0. The van der Waals surface area contributed by atoms with Gasteiger partial charge in [0.2, 0.25) is 0 Å². The average Bonchev–Trinajstić information content (AvgIpc) is 3.01. The Morgan fingerprint density at radius 1 is 0.897 bits per heavy atom. The van der Waals surface area contributed by atoms with Crippen LogP contribution in [-0.4, -0.2) is 6.10 Å². The van der Waals surface area contributed by atoms with E-state index < -0.39 is 0 Å². The van der Waals surface area contributed by atoms with Crippen molar-refractivity contribution in [3.8, 4) is 5.75 Å². The second-order valence-corrected chi connectivity index (χ2v) is 11.9. The van der Waals surface area contributed by atoms with Crippen LogP contribution in [0.3, 0.4) is 0 Å². The zero-order chi connectivity index (χ0) is 20.4. The standard InChI is InChI=1S/C27H41NO/c1-17-6-5-12-27(4)22-11-13-26(3)16-21(29-20-9-7-19(28)8-10-20)15-24(26)25(22)18(2)14-23(17)27/h7-10,17-18,21-25H,5-6,11-16,28H2,1-4H3/t17?,18-,21-,22-,23-,24-,25+,26+,27+/m0/s1. The molecule has 2 N–H and O–H groups in total. The monoisotopic (exact) mass is 395 g/mol. The van der Waals surface area contributed by atoms with Crippen LogP contribution in [0.2, 0.25) is 0 Å². The van der Waals surface area contributed by atoms with E-state index in [0.717, 1.165) is 46.9 Å². The van der Waals surface area contributed by atoms with Gasteiger partial charge in [0.05, 0.1) is 6.10 Å². The van der Waals surface area contributed by atoms with Crippen LogP contribution in [0, 0.1) is 46.3 Å². The molecule has 0 aliphatic heterocycles. The maximum absolute atomic E-state index is 6.50. The van der Waals surface area contributed by atoms with Gasteiger partial charge in [0.15, 0.2) is 0 Å². The summed E-state index contributed by atoms with van der Waals surface area (Å²) in [6.07, 6.45) is 11.6. The van der Waals surface area contributed by atoms with Crippen molar-refractivity contribution in [3.63, 3.8) is 0 Å². The molecule has 2 heteroatoms. The van der Waals surface area contributed by atoms with Crippen molar-refractivity contribution in [2.45, 2.75) is 85.2 Å². The fourth-order valence-electron chi connectivity index (χ4n) is 8.94. The molecule has 9 atom stereocenters. The molecule has 0 heterocycles. The van der Waals surface area contributed by atoms with Crippen LogP contribution in [0.15, 0.2) is 24.3 Å². The Hall–Kier alpha value is -1.18. The fourth-order valence-corrected chi connectivity index (χ4v) is 8.94. The summed E-state index contributed by atoms with van der Waals surface area (Å²) in [5, 5.41) is 0. The number of benzene rings is 1.